The highest BCUT2D eigenvalue weighted by atomic mass is 35.5. The maximum absolute atomic E-state index is 12.6. The maximum Gasteiger partial charge on any atom is 0.241 e. The average molecular weight is 324 g/mol. The summed E-state index contributed by atoms with van der Waals surface area (Å²) < 4.78 is 0. The van der Waals surface area contributed by atoms with Gasteiger partial charge in [0.2, 0.25) is 5.91 Å². The normalized spacial score (nSPS) is 18.1. The van der Waals surface area contributed by atoms with E-state index in [0.29, 0.717) is 0 Å². The van der Waals surface area contributed by atoms with Crippen LogP contribution in [0, 0.1) is 20.8 Å². The number of unbranched alkanes of at least 4 members (excludes halogenated alkanes) is 1. The third-order valence-electron chi connectivity index (χ3n) is 4.39. The summed E-state index contributed by atoms with van der Waals surface area (Å²) in [5.74, 6) is 0.165. The van der Waals surface area contributed by atoms with E-state index in [0.717, 1.165) is 42.7 Å². The van der Waals surface area contributed by atoms with Crippen molar-refractivity contribution in [3.05, 3.63) is 28.8 Å². The molecule has 22 heavy (non-hydrogen) atoms. The number of hydrogen-bond acceptors (Lipinski definition) is 2. The van der Waals surface area contributed by atoms with Gasteiger partial charge in [0.25, 0.3) is 0 Å². The Balaban J connectivity index is 0.00000242. The van der Waals surface area contributed by atoms with Gasteiger partial charge < -0.3 is 17.7 Å². The predicted molar refractivity (Wildman–Crippen MR) is 88.8 cm³/mol. The molecule has 4 heteroatoms. The quantitative estimate of drug-likeness (QED) is 0.870. The van der Waals surface area contributed by atoms with Crippen molar-refractivity contribution in [2.45, 2.75) is 59.4 Å². The van der Waals surface area contributed by atoms with Crippen LogP contribution in [-0.4, -0.2) is 29.9 Å². The molecule has 1 amide bonds. The van der Waals surface area contributed by atoms with Gasteiger partial charge in [-0.15, -0.1) is 0 Å². The number of halogens is 1. The minimum Gasteiger partial charge on any atom is -1.00 e. The second-order valence-corrected chi connectivity index (χ2v) is 6.31. The molecule has 1 aliphatic heterocycles. The highest BCUT2D eigenvalue weighted by Crippen LogP contribution is 2.24. The first-order valence-electron chi connectivity index (χ1n) is 8.15. The first-order valence-corrected chi connectivity index (χ1v) is 8.15. The van der Waals surface area contributed by atoms with Gasteiger partial charge >= 0.3 is 0 Å². The fourth-order valence-electron chi connectivity index (χ4n) is 3.34. The molecule has 1 atom stereocenters. The van der Waals surface area contributed by atoms with Gasteiger partial charge in [0.15, 0.2) is 0 Å². The van der Waals surface area contributed by atoms with Gasteiger partial charge in [-0.25, -0.2) is 0 Å². The van der Waals surface area contributed by atoms with Crippen LogP contribution >= 0.6 is 0 Å². The van der Waals surface area contributed by atoms with E-state index in [2.05, 4.69) is 50.0 Å². The van der Waals surface area contributed by atoms with E-state index >= 15 is 0 Å². The second-order valence-electron chi connectivity index (χ2n) is 6.31. The van der Waals surface area contributed by atoms with E-state index in [-0.39, 0.29) is 24.4 Å². The average Bonchev–Trinajstić information content (AvgIpc) is 2.88. The molecule has 0 aliphatic carbocycles. The Bertz CT molecular complexity index is 493. The summed E-state index contributed by atoms with van der Waals surface area (Å²) in [6.45, 7) is 10.5. The van der Waals surface area contributed by atoms with Crippen LogP contribution in [-0.2, 0) is 4.79 Å². The van der Waals surface area contributed by atoms with Crippen LogP contribution in [0.15, 0.2) is 12.1 Å². The second kappa shape index (κ2) is 8.54. The van der Waals surface area contributed by atoms with Gasteiger partial charge in [0.05, 0.1) is 6.04 Å². The fraction of sp³-hybridized carbons (Fsp3) is 0.611. The van der Waals surface area contributed by atoms with Crippen molar-refractivity contribution in [1.82, 2.24) is 4.90 Å². The zero-order valence-corrected chi connectivity index (χ0v) is 15.0. The molecule has 1 aliphatic rings. The molecule has 0 saturated carbocycles. The third kappa shape index (κ3) is 4.47. The number of carbonyl (C=O) groups excluding carboxylic acids is 1. The van der Waals surface area contributed by atoms with E-state index in [1.54, 1.807) is 0 Å². The van der Waals surface area contributed by atoms with Crippen LogP contribution in [0.5, 0.6) is 0 Å². The van der Waals surface area contributed by atoms with Crippen LogP contribution in [0.1, 0.15) is 49.3 Å². The van der Waals surface area contributed by atoms with Gasteiger partial charge in [-0.1, -0.05) is 31.0 Å². The van der Waals surface area contributed by atoms with Gasteiger partial charge in [-0.05, 0) is 64.3 Å². The predicted octanol–water partition coefficient (Wildman–Crippen LogP) is 0.819. The van der Waals surface area contributed by atoms with E-state index in [1.807, 2.05) is 0 Å². The first kappa shape index (κ1) is 19.0. The third-order valence-corrected chi connectivity index (χ3v) is 4.39. The molecule has 1 N–H and O–H groups in total. The van der Waals surface area contributed by atoms with Crippen molar-refractivity contribution in [3.63, 3.8) is 0 Å². The van der Waals surface area contributed by atoms with Crippen LogP contribution in [0.25, 0.3) is 0 Å². The lowest BCUT2D eigenvalue weighted by Gasteiger charge is -2.24. The van der Waals surface area contributed by atoms with Crippen molar-refractivity contribution >= 4 is 11.6 Å². The number of rotatable bonds is 5. The zero-order valence-electron chi connectivity index (χ0n) is 14.2. The Morgan fingerprint density at radius 3 is 2.50 bits per heavy atom. The summed E-state index contributed by atoms with van der Waals surface area (Å²) in [5, 5.41) is 3.17. The maximum atomic E-state index is 12.6. The van der Waals surface area contributed by atoms with Crippen LogP contribution in [0.3, 0.4) is 0 Å². The van der Waals surface area contributed by atoms with E-state index in [1.165, 1.54) is 18.4 Å². The van der Waals surface area contributed by atoms with Crippen molar-refractivity contribution in [2.24, 2.45) is 0 Å². The number of nitrogens with one attached hydrogen (secondary N) is 1. The summed E-state index contributed by atoms with van der Waals surface area (Å²) in [5.41, 5.74) is 4.54. The number of carbonyl (C=O) groups is 1. The topological polar surface area (TPSA) is 32.3 Å². The summed E-state index contributed by atoms with van der Waals surface area (Å²) in [6, 6.07) is 4.31. The number of nitrogens with zero attached hydrogens (tertiary/aromatic N) is 1. The molecular weight excluding hydrogens is 296 g/mol. The SMILES string of the molecule is CCCCN1CCCC1C(=O)Nc1c(C)cc(C)cc1C.[Cl-]. The molecule has 0 spiro atoms. The number of anilines is 1. The Morgan fingerprint density at radius 2 is 1.91 bits per heavy atom. The minimum absolute atomic E-state index is 0. The summed E-state index contributed by atoms with van der Waals surface area (Å²) in [4.78, 5) is 15.0. The van der Waals surface area contributed by atoms with Crippen LogP contribution < -0.4 is 17.7 Å². The lowest BCUT2D eigenvalue weighted by atomic mass is 10.0. The zero-order chi connectivity index (χ0) is 15.4. The lowest BCUT2D eigenvalue weighted by molar-refractivity contribution is -0.120. The molecule has 1 fully saturated rings. The summed E-state index contributed by atoms with van der Waals surface area (Å²) in [6.07, 6.45) is 4.47. The highest BCUT2D eigenvalue weighted by Gasteiger charge is 2.30. The van der Waals surface area contributed by atoms with E-state index in [9.17, 15) is 4.79 Å². The molecule has 1 aromatic carbocycles. The number of hydrogen-bond donors (Lipinski definition) is 1. The molecule has 3 nitrogen and oxygen atoms in total. The Labute approximate surface area is 140 Å². The molecule has 1 saturated heterocycles. The van der Waals surface area contributed by atoms with E-state index in [4.69, 9.17) is 0 Å². The molecule has 1 heterocycles. The van der Waals surface area contributed by atoms with Crippen molar-refractivity contribution < 1.29 is 17.2 Å². The fourth-order valence-corrected chi connectivity index (χ4v) is 3.34. The number of benzene rings is 1. The van der Waals surface area contributed by atoms with Gasteiger partial charge in [0.1, 0.15) is 0 Å². The first-order chi connectivity index (χ1) is 10.0. The van der Waals surface area contributed by atoms with Crippen molar-refractivity contribution in [3.8, 4) is 0 Å². The highest BCUT2D eigenvalue weighted by molar-refractivity contribution is 5.96. The Morgan fingerprint density at radius 1 is 1.27 bits per heavy atom. The van der Waals surface area contributed by atoms with Gasteiger partial charge in [0, 0.05) is 5.69 Å². The smallest absolute Gasteiger partial charge is 0.241 e. The molecule has 2 rings (SSSR count). The largest absolute Gasteiger partial charge is 1.00 e. The Hall–Kier alpha value is -1.06. The lowest BCUT2D eigenvalue weighted by Crippen LogP contribution is -3.00. The van der Waals surface area contributed by atoms with Gasteiger partial charge in [-0.2, -0.15) is 0 Å². The standard InChI is InChI=1S/C18H28N2O.ClH/c1-5-6-9-20-10-7-8-16(20)18(21)19-17-14(3)11-13(2)12-15(17)4;/h11-12,16H,5-10H2,1-4H3,(H,19,21);1H/p-1. The number of likely N-dealkylation sites (tertiary alicyclic amines) is 1. The van der Waals surface area contributed by atoms with Gasteiger partial charge in [-0.3, -0.25) is 9.69 Å². The monoisotopic (exact) mass is 323 g/mol. The molecule has 124 valence electrons. The summed E-state index contributed by atoms with van der Waals surface area (Å²) >= 11 is 0. The Kier molecular flexibility index (Phi) is 7.37. The number of aryl methyl sites for hydroxylation is 3. The molecular formula is C18H28ClN2O-. The molecule has 0 radical (unpaired) electrons. The minimum atomic E-state index is 0. The number of amides is 1. The molecule has 0 aromatic heterocycles. The molecule has 0 bridgehead atoms. The van der Waals surface area contributed by atoms with Crippen molar-refractivity contribution in [2.75, 3.05) is 18.4 Å². The summed E-state index contributed by atoms with van der Waals surface area (Å²) in [7, 11) is 0. The molecule has 1 unspecified atom stereocenters. The molecule has 1 aromatic rings. The van der Waals surface area contributed by atoms with Crippen LogP contribution in [0.4, 0.5) is 5.69 Å². The van der Waals surface area contributed by atoms with Crippen molar-refractivity contribution in [1.29, 1.82) is 0 Å². The van der Waals surface area contributed by atoms with E-state index < -0.39 is 0 Å². The van der Waals surface area contributed by atoms with Crippen LogP contribution in [0.2, 0.25) is 0 Å².